The number of phenols is 1. The predicted octanol–water partition coefficient (Wildman–Crippen LogP) is -1.09. The van der Waals surface area contributed by atoms with Crippen molar-refractivity contribution in [3.63, 3.8) is 0 Å². The predicted molar refractivity (Wildman–Crippen MR) is 52.9 cm³/mol. The van der Waals surface area contributed by atoms with Crippen LogP contribution in [-0.2, 0) is 8.53 Å². The van der Waals surface area contributed by atoms with Gasteiger partial charge in [0.05, 0.1) is 0 Å². The van der Waals surface area contributed by atoms with E-state index in [1.807, 2.05) is 0 Å². The molecule has 4 N–H and O–H groups in total. The fraction of sp³-hybridized carbons (Fsp3) is 0.125. The molecular weight excluding hydrogens is 265 g/mol. The minimum atomic E-state index is -5.25. The van der Waals surface area contributed by atoms with Gasteiger partial charge in [0.25, 0.3) is 0 Å². The normalized spacial score (nSPS) is 11.1. The number of nitrogens with one attached hydrogen (secondary N) is 1. The molecule has 0 heterocycles. The summed E-state index contributed by atoms with van der Waals surface area (Å²) in [6, 6.07) is 3.85. The second-order valence-corrected chi connectivity index (χ2v) is 6.12. The molecule has 0 aliphatic heterocycles. The summed E-state index contributed by atoms with van der Waals surface area (Å²) in [4.78, 5) is 10.8. The van der Waals surface area contributed by atoms with Crippen LogP contribution in [0.5, 0.6) is 5.75 Å². The molecular formula is C8H10AsNO5. The van der Waals surface area contributed by atoms with E-state index in [-0.39, 0.29) is 5.69 Å². The molecule has 0 bridgehead atoms. The molecule has 0 saturated carbocycles. The number of rotatable bonds is 2. The number of carbonyl (C=O) groups excluding carboxylic acids is 1. The van der Waals surface area contributed by atoms with Crippen LogP contribution < -0.4 is 9.67 Å². The van der Waals surface area contributed by atoms with E-state index in [4.69, 9.17) is 8.19 Å². The molecule has 1 aromatic rings. The van der Waals surface area contributed by atoms with Crippen LogP contribution in [0, 0.1) is 0 Å². The first kappa shape index (κ1) is 11.8. The number of carbonyl (C=O) groups is 1. The molecule has 7 heteroatoms. The minimum absolute atomic E-state index is 0.0602. The zero-order valence-electron chi connectivity index (χ0n) is 7.84. The van der Waals surface area contributed by atoms with Gasteiger partial charge in [-0.05, 0) is 0 Å². The van der Waals surface area contributed by atoms with Gasteiger partial charge in [-0.2, -0.15) is 0 Å². The Morgan fingerprint density at radius 3 is 2.47 bits per heavy atom. The zero-order valence-corrected chi connectivity index (χ0v) is 9.71. The summed E-state index contributed by atoms with van der Waals surface area (Å²) in [6.07, 6.45) is 0. The van der Waals surface area contributed by atoms with Crippen molar-refractivity contribution in [2.75, 3.05) is 5.32 Å². The monoisotopic (exact) mass is 275 g/mol. The molecule has 0 radical (unpaired) electrons. The third-order valence-corrected chi connectivity index (χ3v) is 3.83. The molecule has 6 nitrogen and oxygen atoms in total. The summed E-state index contributed by atoms with van der Waals surface area (Å²) in [5.41, 5.74) is -0.0602. The third-order valence-electron chi connectivity index (χ3n) is 1.62. The number of hydrogen-bond acceptors (Lipinski definition) is 3. The first-order chi connectivity index (χ1) is 6.82. The van der Waals surface area contributed by atoms with E-state index in [1.54, 1.807) is 0 Å². The number of anilines is 1. The van der Waals surface area contributed by atoms with E-state index < -0.39 is 30.2 Å². The molecule has 1 amide bonds. The molecule has 0 aliphatic carbocycles. The van der Waals surface area contributed by atoms with Crippen molar-refractivity contribution in [2.24, 2.45) is 0 Å². The molecule has 15 heavy (non-hydrogen) atoms. The van der Waals surface area contributed by atoms with Crippen molar-refractivity contribution in [2.45, 2.75) is 6.92 Å². The first-order valence-corrected chi connectivity index (χ1v) is 7.36. The second kappa shape index (κ2) is 4.10. The van der Waals surface area contributed by atoms with Gasteiger partial charge in [-0.3, -0.25) is 0 Å². The standard InChI is InChI=1S/C8H10AsNO5/c1-5(11)10-6-3-2-4-7(12)8(6)9(13,14)15/h2-4,12H,1H3,(H,10,11)(H2,13,14,15). The van der Waals surface area contributed by atoms with Crippen molar-refractivity contribution in [1.82, 2.24) is 0 Å². The SMILES string of the molecule is CC(=O)Nc1cccc(O)c1[As](=O)(O)O. The summed E-state index contributed by atoms with van der Waals surface area (Å²) in [5.74, 6) is -0.987. The maximum absolute atomic E-state index is 11.1. The van der Waals surface area contributed by atoms with Gasteiger partial charge in [0.15, 0.2) is 0 Å². The maximum atomic E-state index is 11.1. The molecule has 0 fully saturated rings. The third kappa shape index (κ3) is 2.86. The van der Waals surface area contributed by atoms with Crippen LogP contribution in [0.1, 0.15) is 6.92 Å². The van der Waals surface area contributed by atoms with Gasteiger partial charge >= 0.3 is 88.1 Å². The van der Waals surface area contributed by atoms with Crippen LogP contribution in [0.25, 0.3) is 0 Å². The molecule has 1 aromatic carbocycles. The van der Waals surface area contributed by atoms with Crippen molar-refractivity contribution in [1.29, 1.82) is 0 Å². The van der Waals surface area contributed by atoms with Crippen LogP contribution in [0.3, 0.4) is 0 Å². The van der Waals surface area contributed by atoms with Crippen molar-refractivity contribution in [3.05, 3.63) is 18.2 Å². The van der Waals surface area contributed by atoms with Crippen LogP contribution in [0.4, 0.5) is 5.69 Å². The summed E-state index contributed by atoms with van der Waals surface area (Å²) < 4.78 is 28.6. The van der Waals surface area contributed by atoms with Crippen LogP contribution in [-0.4, -0.2) is 33.4 Å². The fourth-order valence-corrected chi connectivity index (χ4v) is 2.84. The zero-order chi connectivity index (χ0) is 11.6. The second-order valence-electron chi connectivity index (χ2n) is 2.90. The molecule has 0 aliphatic rings. The van der Waals surface area contributed by atoms with E-state index in [1.165, 1.54) is 19.1 Å². The van der Waals surface area contributed by atoms with E-state index in [9.17, 15) is 13.6 Å². The van der Waals surface area contributed by atoms with E-state index in [2.05, 4.69) is 5.32 Å². The number of amides is 1. The molecule has 0 spiro atoms. The van der Waals surface area contributed by atoms with Gasteiger partial charge in [0, 0.05) is 0 Å². The number of aromatic hydroxyl groups is 1. The van der Waals surface area contributed by atoms with Gasteiger partial charge in [-0.15, -0.1) is 0 Å². The Hall–Kier alpha value is -1.23. The summed E-state index contributed by atoms with van der Waals surface area (Å²) in [7, 11) is 0. The molecule has 0 saturated heterocycles. The Balaban J connectivity index is 3.33. The van der Waals surface area contributed by atoms with Gasteiger partial charge in [-0.25, -0.2) is 0 Å². The van der Waals surface area contributed by atoms with Crippen molar-refractivity contribution in [3.8, 4) is 5.75 Å². The van der Waals surface area contributed by atoms with Crippen molar-refractivity contribution < 1.29 is 21.8 Å². The first-order valence-electron chi connectivity index (χ1n) is 3.98. The molecule has 82 valence electrons. The Morgan fingerprint density at radius 1 is 1.40 bits per heavy atom. The van der Waals surface area contributed by atoms with Gasteiger partial charge < -0.3 is 0 Å². The molecule has 1 rings (SSSR count). The summed E-state index contributed by atoms with van der Waals surface area (Å²) in [5, 5.41) is 11.6. The van der Waals surface area contributed by atoms with E-state index >= 15 is 0 Å². The Morgan fingerprint density at radius 2 is 2.00 bits per heavy atom. The van der Waals surface area contributed by atoms with Crippen LogP contribution in [0.15, 0.2) is 18.2 Å². The quantitative estimate of drug-likeness (QED) is 0.513. The van der Waals surface area contributed by atoms with Crippen molar-refractivity contribution >= 4 is 30.1 Å². The molecule has 0 aromatic heterocycles. The average Bonchev–Trinajstić information content (AvgIpc) is 1.99. The topological polar surface area (TPSA) is 107 Å². The molecule has 0 atom stereocenters. The number of hydrogen-bond donors (Lipinski definition) is 4. The Bertz CT molecular complexity index is 439. The number of benzene rings is 1. The van der Waals surface area contributed by atoms with E-state index in [0.717, 1.165) is 6.07 Å². The Labute approximate surface area is 88.6 Å². The van der Waals surface area contributed by atoms with Crippen LogP contribution in [0.2, 0.25) is 0 Å². The number of phenolic OH excluding ortho intramolecular Hbond substituents is 1. The fourth-order valence-electron chi connectivity index (χ4n) is 1.13. The van der Waals surface area contributed by atoms with E-state index in [0.29, 0.717) is 0 Å². The summed E-state index contributed by atoms with van der Waals surface area (Å²) >= 11 is -5.25. The van der Waals surface area contributed by atoms with Gasteiger partial charge in [0.2, 0.25) is 0 Å². The summed E-state index contributed by atoms with van der Waals surface area (Å²) in [6.45, 7) is 1.21. The average molecular weight is 275 g/mol. The van der Waals surface area contributed by atoms with Crippen LogP contribution >= 0.6 is 0 Å². The van der Waals surface area contributed by atoms with Gasteiger partial charge in [-0.1, -0.05) is 0 Å². The Kier molecular flexibility index (Phi) is 3.24. The van der Waals surface area contributed by atoms with Gasteiger partial charge in [0.1, 0.15) is 0 Å². The molecule has 0 unspecified atom stereocenters.